The lowest BCUT2D eigenvalue weighted by Gasteiger charge is -2.16. The van der Waals surface area contributed by atoms with Gasteiger partial charge in [-0.2, -0.15) is 0 Å². The van der Waals surface area contributed by atoms with Crippen LogP contribution in [0.25, 0.3) is 11.1 Å². The smallest absolute Gasteiger partial charge is 0.192 e. The van der Waals surface area contributed by atoms with E-state index in [1.165, 1.54) is 0 Å². The third-order valence-corrected chi connectivity index (χ3v) is 2.44. The highest BCUT2D eigenvalue weighted by Crippen LogP contribution is 2.24. The van der Waals surface area contributed by atoms with Gasteiger partial charge in [-0.1, -0.05) is 20.8 Å². The lowest BCUT2D eigenvalue weighted by atomic mass is 9.86. The maximum atomic E-state index is 12.1. The second kappa shape index (κ2) is 3.44. The van der Waals surface area contributed by atoms with Crippen LogP contribution in [0, 0.1) is 12.3 Å². The molecular formula is C13H15NO2. The van der Waals surface area contributed by atoms with E-state index in [1.54, 1.807) is 19.1 Å². The van der Waals surface area contributed by atoms with Crippen LogP contribution in [-0.2, 0) is 0 Å². The first-order valence-electron chi connectivity index (χ1n) is 5.30. The number of Topliss-reactive ketones (excluding diaryl/α,β-unsaturated/α-hetero) is 1. The Bertz CT molecular complexity index is 547. The van der Waals surface area contributed by atoms with Crippen molar-refractivity contribution in [2.24, 2.45) is 5.41 Å². The summed E-state index contributed by atoms with van der Waals surface area (Å²) in [6.07, 6.45) is 0. The highest BCUT2D eigenvalue weighted by molar-refractivity contribution is 6.01. The minimum Gasteiger partial charge on any atom is -0.441 e. The lowest BCUT2D eigenvalue weighted by Crippen LogP contribution is -2.19. The summed E-state index contributed by atoms with van der Waals surface area (Å²) in [5.74, 6) is 0.735. The Morgan fingerprint density at radius 3 is 2.62 bits per heavy atom. The molecule has 0 saturated carbocycles. The quantitative estimate of drug-likeness (QED) is 0.688. The van der Waals surface area contributed by atoms with Gasteiger partial charge in [0, 0.05) is 17.9 Å². The molecule has 0 aliphatic rings. The van der Waals surface area contributed by atoms with Crippen LogP contribution >= 0.6 is 0 Å². The number of benzene rings is 1. The zero-order valence-electron chi connectivity index (χ0n) is 10.00. The Hall–Kier alpha value is -1.64. The van der Waals surface area contributed by atoms with Crippen molar-refractivity contribution in [3.8, 4) is 0 Å². The number of rotatable bonds is 1. The number of aryl methyl sites for hydroxylation is 1. The minimum absolute atomic E-state index is 0.114. The van der Waals surface area contributed by atoms with Crippen LogP contribution in [-0.4, -0.2) is 10.8 Å². The van der Waals surface area contributed by atoms with Gasteiger partial charge in [0.1, 0.15) is 5.52 Å². The molecular weight excluding hydrogens is 202 g/mol. The van der Waals surface area contributed by atoms with E-state index < -0.39 is 0 Å². The molecule has 0 unspecified atom stereocenters. The first kappa shape index (κ1) is 10.9. The molecule has 0 atom stereocenters. The first-order valence-corrected chi connectivity index (χ1v) is 5.30. The molecule has 3 heteroatoms. The molecule has 0 bridgehead atoms. The molecule has 0 spiro atoms. The molecule has 0 aliphatic carbocycles. The van der Waals surface area contributed by atoms with E-state index in [-0.39, 0.29) is 11.2 Å². The van der Waals surface area contributed by atoms with Crippen LogP contribution in [0.15, 0.2) is 22.6 Å². The molecule has 1 aromatic heterocycles. The highest BCUT2D eigenvalue weighted by atomic mass is 16.3. The second-order valence-electron chi connectivity index (χ2n) is 4.99. The Kier molecular flexibility index (Phi) is 2.34. The van der Waals surface area contributed by atoms with Crippen molar-refractivity contribution in [3.05, 3.63) is 29.7 Å². The second-order valence-corrected chi connectivity index (χ2v) is 4.99. The number of oxazole rings is 1. The zero-order valence-corrected chi connectivity index (χ0v) is 10.00. The summed E-state index contributed by atoms with van der Waals surface area (Å²) in [5.41, 5.74) is 1.77. The maximum Gasteiger partial charge on any atom is 0.192 e. The minimum atomic E-state index is -0.372. The van der Waals surface area contributed by atoms with Gasteiger partial charge in [-0.3, -0.25) is 4.79 Å². The normalized spacial score (nSPS) is 12.0. The van der Waals surface area contributed by atoms with Gasteiger partial charge in [-0.15, -0.1) is 0 Å². The molecule has 0 amide bonds. The van der Waals surface area contributed by atoms with Gasteiger partial charge in [0.2, 0.25) is 0 Å². The number of carbonyl (C=O) groups excluding carboxylic acids is 1. The molecule has 0 fully saturated rings. The topological polar surface area (TPSA) is 43.1 Å². The number of hydrogen-bond donors (Lipinski definition) is 0. The fourth-order valence-electron chi connectivity index (χ4n) is 1.61. The Morgan fingerprint density at radius 2 is 2.00 bits per heavy atom. The first-order chi connectivity index (χ1) is 7.38. The van der Waals surface area contributed by atoms with Crippen molar-refractivity contribution in [2.45, 2.75) is 27.7 Å². The number of carbonyl (C=O) groups is 1. The van der Waals surface area contributed by atoms with E-state index in [0.717, 1.165) is 5.52 Å². The molecule has 84 valence electrons. The maximum absolute atomic E-state index is 12.1. The van der Waals surface area contributed by atoms with E-state index in [9.17, 15) is 4.79 Å². The van der Waals surface area contributed by atoms with Crippen molar-refractivity contribution in [3.63, 3.8) is 0 Å². The van der Waals surface area contributed by atoms with Crippen LogP contribution in [0.2, 0.25) is 0 Å². The van der Waals surface area contributed by atoms with Crippen molar-refractivity contribution >= 4 is 16.9 Å². The Labute approximate surface area is 94.5 Å². The molecule has 2 aromatic rings. The molecule has 1 heterocycles. The van der Waals surface area contributed by atoms with Gasteiger partial charge in [-0.25, -0.2) is 4.98 Å². The standard InChI is InChI=1S/C13H15NO2/c1-8-14-10-6-5-9(7-11(10)16-8)12(15)13(2,3)4/h5-7H,1-4H3. The molecule has 1 aromatic carbocycles. The van der Waals surface area contributed by atoms with Crippen LogP contribution in [0.5, 0.6) is 0 Å². The average Bonchev–Trinajstić information content (AvgIpc) is 2.54. The molecule has 0 saturated heterocycles. The van der Waals surface area contributed by atoms with Crippen LogP contribution in [0.3, 0.4) is 0 Å². The summed E-state index contributed by atoms with van der Waals surface area (Å²) in [5, 5.41) is 0. The lowest BCUT2D eigenvalue weighted by molar-refractivity contribution is 0.0858. The molecule has 16 heavy (non-hydrogen) atoms. The van der Waals surface area contributed by atoms with Crippen molar-refractivity contribution in [2.75, 3.05) is 0 Å². The SMILES string of the molecule is Cc1nc2ccc(C(=O)C(C)(C)C)cc2o1. The van der Waals surface area contributed by atoms with E-state index in [4.69, 9.17) is 4.42 Å². The molecule has 0 N–H and O–H groups in total. The van der Waals surface area contributed by atoms with Crippen LogP contribution in [0.4, 0.5) is 0 Å². The molecule has 3 nitrogen and oxygen atoms in total. The van der Waals surface area contributed by atoms with E-state index >= 15 is 0 Å². The average molecular weight is 217 g/mol. The number of ketones is 1. The fourth-order valence-corrected chi connectivity index (χ4v) is 1.61. The Balaban J connectivity index is 2.51. The van der Waals surface area contributed by atoms with Crippen LogP contribution in [0.1, 0.15) is 37.0 Å². The van der Waals surface area contributed by atoms with Gasteiger partial charge in [-0.05, 0) is 18.2 Å². The monoisotopic (exact) mass is 217 g/mol. The number of hydrogen-bond acceptors (Lipinski definition) is 3. The van der Waals surface area contributed by atoms with E-state index in [0.29, 0.717) is 17.0 Å². The molecule has 0 aliphatic heterocycles. The highest BCUT2D eigenvalue weighted by Gasteiger charge is 2.23. The third kappa shape index (κ3) is 1.85. The number of fused-ring (bicyclic) bond motifs is 1. The van der Waals surface area contributed by atoms with E-state index in [2.05, 4.69) is 4.98 Å². The molecule has 0 radical (unpaired) electrons. The summed E-state index contributed by atoms with van der Waals surface area (Å²) in [6.45, 7) is 7.52. The summed E-state index contributed by atoms with van der Waals surface area (Å²) in [4.78, 5) is 16.3. The van der Waals surface area contributed by atoms with Gasteiger partial charge in [0.15, 0.2) is 17.3 Å². The summed E-state index contributed by atoms with van der Waals surface area (Å²) in [6, 6.07) is 5.39. The van der Waals surface area contributed by atoms with Crippen molar-refractivity contribution in [1.29, 1.82) is 0 Å². The predicted molar refractivity (Wildman–Crippen MR) is 62.5 cm³/mol. The number of nitrogens with zero attached hydrogens (tertiary/aromatic N) is 1. The van der Waals surface area contributed by atoms with Gasteiger partial charge < -0.3 is 4.42 Å². The zero-order chi connectivity index (χ0) is 11.9. The van der Waals surface area contributed by atoms with Gasteiger partial charge >= 0.3 is 0 Å². The summed E-state index contributed by atoms with van der Waals surface area (Å²) >= 11 is 0. The van der Waals surface area contributed by atoms with E-state index in [1.807, 2.05) is 26.8 Å². The van der Waals surface area contributed by atoms with Crippen molar-refractivity contribution in [1.82, 2.24) is 4.98 Å². The summed E-state index contributed by atoms with van der Waals surface area (Å²) < 4.78 is 5.41. The largest absolute Gasteiger partial charge is 0.441 e. The van der Waals surface area contributed by atoms with Gasteiger partial charge in [0.25, 0.3) is 0 Å². The Morgan fingerprint density at radius 1 is 1.31 bits per heavy atom. The van der Waals surface area contributed by atoms with Crippen molar-refractivity contribution < 1.29 is 9.21 Å². The molecule has 2 rings (SSSR count). The summed E-state index contributed by atoms with van der Waals surface area (Å²) in [7, 11) is 0. The number of aromatic nitrogens is 1. The van der Waals surface area contributed by atoms with Crippen LogP contribution < -0.4 is 0 Å². The fraction of sp³-hybridized carbons (Fsp3) is 0.385. The predicted octanol–water partition coefficient (Wildman–Crippen LogP) is 3.37. The third-order valence-electron chi connectivity index (χ3n) is 2.44. The van der Waals surface area contributed by atoms with Gasteiger partial charge in [0.05, 0.1) is 0 Å².